The quantitative estimate of drug-likeness (QED) is 0.315. The van der Waals surface area contributed by atoms with Gasteiger partial charge in [-0.15, -0.1) is 0 Å². The average molecular weight is 235 g/mol. The van der Waals surface area contributed by atoms with E-state index in [-0.39, 0.29) is 0 Å². The molecule has 0 fully saturated rings. The average Bonchev–Trinajstić information content (AvgIpc) is 2.33. The summed E-state index contributed by atoms with van der Waals surface area (Å²) in [5, 5.41) is 10.2. The van der Waals surface area contributed by atoms with E-state index in [9.17, 15) is 10.1 Å². The van der Waals surface area contributed by atoms with Gasteiger partial charge >= 0.3 is 0 Å². The molecule has 0 saturated carbocycles. The molecule has 90 valence electrons. The molecule has 0 N–H and O–H groups in total. The maximum absolute atomic E-state index is 10.2. The highest BCUT2D eigenvalue weighted by molar-refractivity contribution is 5.50. The van der Waals surface area contributed by atoms with Gasteiger partial charge in [-0.3, -0.25) is 10.1 Å². The van der Waals surface area contributed by atoms with Crippen molar-refractivity contribution in [1.82, 2.24) is 0 Å². The van der Waals surface area contributed by atoms with Crippen LogP contribution in [0.15, 0.2) is 43.3 Å². The molecule has 0 bridgehead atoms. The number of hydrogen-bond donors (Lipinski definition) is 0. The Morgan fingerprint density at radius 2 is 2.24 bits per heavy atom. The van der Waals surface area contributed by atoms with Crippen molar-refractivity contribution in [3.63, 3.8) is 0 Å². The molecule has 0 aromatic heterocycles. The van der Waals surface area contributed by atoms with Crippen LogP contribution >= 0.6 is 0 Å². The molecule has 0 amide bonds. The van der Waals surface area contributed by atoms with Gasteiger partial charge < -0.3 is 9.47 Å². The third kappa shape index (κ3) is 5.36. The lowest BCUT2D eigenvalue weighted by molar-refractivity contribution is -0.400. The maximum Gasteiger partial charge on any atom is 0.235 e. The first-order valence-electron chi connectivity index (χ1n) is 4.99. The summed E-state index contributed by atoms with van der Waals surface area (Å²) < 4.78 is 10.3. The minimum atomic E-state index is -0.508. The van der Waals surface area contributed by atoms with Gasteiger partial charge in [-0.25, -0.2) is 0 Å². The number of nitrogens with zero attached hydrogens (tertiary/aromatic N) is 1. The van der Waals surface area contributed by atoms with Crippen molar-refractivity contribution in [2.75, 3.05) is 13.2 Å². The van der Waals surface area contributed by atoms with E-state index in [1.807, 2.05) is 0 Å². The van der Waals surface area contributed by atoms with Crippen LogP contribution in [0.2, 0.25) is 0 Å². The maximum atomic E-state index is 10.2. The zero-order valence-corrected chi connectivity index (χ0v) is 9.24. The molecule has 0 unspecified atom stereocenters. The van der Waals surface area contributed by atoms with Gasteiger partial charge in [-0.1, -0.05) is 18.7 Å². The van der Waals surface area contributed by atoms with Gasteiger partial charge in [0.25, 0.3) is 0 Å². The molecule has 0 aliphatic carbocycles. The molecule has 1 aromatic carbocycles. The summed E-state index contributed by atoms with van der Waals surface area (Å²) in [7, 11) is 0. The minimum Gasteiger partial charge on any atom is -0.498 e. The Kier molecular flexibility index (Phi) is 5.30. The molecule has 0 radical (unpaired) electrons. The Bertz CT molecular complexity index is 415. The first kappa shape index (κ1) is 12.8. The van der Waals surface area contributed by atoms with E-state index in [0.717, 1.165) is 6.20 Å². The number of ether oxygens (including phenoxy) is 2. The van der Waals surface area contributed by atoms with E-state index in [1.165, 1.54) is 12.3 Å². The lowest BCUT2D eigenvalue weighted by Gasteiger charge is -2.06. The molecule has 0 aliphatic rings. The van der Waals surface area contributed by atoms with Crippen LogP contribution in [0.25, 0.3) is 6.08 Å². The van der Waals surface area contributed by atoms with Crippen LogP contribution in [-0.2, 0) is 4.74 Å². The number of benzene rings is 1. The predicted molar refractivity (Wildman–Crippen MR) is 64.1 cm³/mol. The summed E-state index contributed by atoms with van der Waals surface area (Å²) in [6.07, 6.45) is 3.65. The Labute approximate surface area is 99.1 Å². The molecule has 1 aromatic rings. The summed E-state index contributed by atoms with van der Waals surface area (Å²) >= 11 is 0. The van der Waals surface area contributed by atoms with Gasteiger partial charge in [0.05, 0.1) is 11.2 Å². The van der Waals surface area contributed by atoms with Crippen LogP contribution in [0.3, 0.4) is 0 Å². The van der Waals surface area contributed by atoms with E-state index in [0.29, 0.717) is 24.5 Å². The highest BCUT2D eigenvalue weighted by Crippen LogP contribution is 2.14. The van der Waals surface area contributed by atoms with Crippen LogP contribution in [0.1, 0.15) is 5.56 Å². The number of rotatable bonds is 7. The highest BCUT2D eigenvalue weighted by atomic mass is 16.6. The zero-order chi connectivity index (χ0) is 12.5. The second-order valence-electron chi connectivity index (χ2n) is 3.06. The topological polar surface area (TPSA) is 61.6 Å². The summed E-state index contributed by atoms with van der Waals surface area (Å²) in [4.78, 5) is 9.65. The lowest BCUT2D eigenvalue weighted by Crippen LogP contribution is -2.03. The van der Waals surface area contributed by atoms with Gasteiger partial charge in [0.1, 0.15) is 19.0 Å². The molecule has 0 spiro atoms. The van der Waals surface area contributed by atoms with Crippen LogP contribution < -0.4 is 4.74 Å². The second kappa shape index (κ2) is 7.05. The minimum absolute atomic E-state index is 0.397. The van der Waals surface area contributed by atoms with Crippen LogP contribution in [0.4, 0.5) is 0 Å². The molecule has 0 aliphatic heterocycles. The normalized spacial score (nSPS) is 10.1. The van der Waals surface area contributed by atoms with Gasteiger partial charge in [0.15, 0.2) is 0 Å². The van der Waals surface area contributed by atoms with E-state index in [2.05, 4.69) is 6.58 Å². The predicted octanol–water partition coefficient (Wildman–Crippen LogP) is 2.47. The van der Waals surface area contributed by atoms with Gasteiger partial charge in [-0.05, 0) is 17.7 Å². The van der Waals surface area contributed by atoms with Gasteiger partial charge in [0.2, 0.25) is 6.20 Å². The van der Waals surface area contributed by atoms with Crippen molar-refractivity contribution in [2.24, 2.45) is 0 Å². The molecule has 5 heteroatoms. The monoisotopic (exact) mass is 235 g/mol. The van der Waals surface area contributed by atoms with Crippen molar-refractivity contribution in [3.8, 4) is 5.75 Å². The number of hydrogen-bond acceptors (Lipinski definition) is 4. The van der Waals surface area contributed by atoms with Gasteiger partial charge in [0, 0.05) is 6.08 Å². The Morgan fingerprint density at radius 1 is 1.41 bits per heavy atom. The van der Waals surface area contributed by atoms with E-state index < -0.39 is 4.92 Å². The third-order valence-corrected chi connectivity index (χ3v) is 1.83. The summed E-state index contributed by atoms with van der Waals surface area (Å²) in [6, 6.07) is 7.02. The highest BCUT2D eigenvalue weighted by Gasteiger charge is 1.96. The van der Waals surface area contributed by atoms with E-state index >= 15 is 0 Å². The van der Waals surface area contributed by atoms with Crippen molar-refractivity contribution in [1.29, 1.82) is 0 Å². The van der Waals surface area contributed by atoms with Crippen LogP contribution in [0.5, 0.6) is 5.75 Å². The fraction of sp³-hybridized carbons (Fsp3) is 0.167. The standard InChI is InChI=1S/C12H13NO4/c1-2-16-8-9-17-12-5-3-4-11(10-12)6-7-13(14)15/h2-7,10H,1,8-9H2. The molecule has 0 heterocycles. The second-order valence-corrected chi connectivity index (χ2v) is 3.06. The molecule has 1 rings (SSSR count). The molecule has 0 saturated heterocycles. The Balaban J connectivity index is 2.53. The molecular weight excluding hydrogens is 222 g/mol. The van der Waals surface area contributed by atoms with Crippen LogP contribution in [-0.4, -0.2) is 18.1 Å². The first-order chi connectivity index (χ1) is 8.22. The molecular formula is C12H13NO4. The SMILES string of the molecule is C=COCCOc1cccc(C=C[N+](=O)[O-])c1. The van der Waals surface area contributed by atoms with Crippen molar-refractivity contribution < 1.29 is 14.4 Å². The van der Waals surface area contributed by atoms with Gasteiger partial charge in [-0.2, -0.15) is 0 Å². The molecule has 5 nitrogen and oxygen atoms in total. The van der Waals surface area contributed by atoms with E-state index in [1.54, 1.807) is 24.3 Å². The lowest BCUT2D eigenvalue weighted by atomic mass is 10.2. The van der Waals surface area contributed by atoms with Crippen molar-refractivity contribution in [3.05, 3.63) is 59.0 Å². The van der Waals surface area contributed by atoms with Crippen molar-refractivity contribution >= 4 is 6.08 Å². The summed E-state index contributed by atoms with van der Waals surface area (Å²) in [5.74, 6) is 0.642. The fourth-order valence-electron chi connectivity index (χ4n) is 1.15. The molecule has 0 atom stereocenters. The smallest absolute Gasteiger partial charge is 0.235 e. The number of nitro groups is 1. The summed E-state index contributed by atoms with van der Waals surface area (Å²) in [5.41, 5.74) is 0.712. The zero-order valence-electron chi connectivity index (χ0n) is 9.24. The van der Waals surface area contributed by atoms with Crippen molar-refractivity contribution in [2.45, 2.75) is 0 Å². The third-order valence-electron chi connectivity index (χ3n) is 1.83. The Morgan fingerprint density at radius 3 is 2.94 bits per heavy atom. The fourth-order valence-corrected chi connectivity index (χ4v) is 1.15. The van der Waals surface area contributed by atoms with Crippen LogP contribution in [0, 0.1) is 10.1 Å². The first-order valence-corrected chi connectivity index (χ1v) is 4.99. The largest absolute Gasteiger partial charge is 0.498 e. The molecule has 17 heavy (non-hydrogen) atoms. The van der Waals surface area contributed by atoms with E-state index in [4.69, 9.17) is 9.47 Å². The summed E-state index contributed by atoms with van der Waals surface area (Å²) in [6.45, 7) is 4.22. The Hall–Kier alpha value is -2.30.